The van der Waals surface area contributed by atoms with E-state index in [2.05, 4.69) is 5.32 Å². The molecule has 3 N–H and O–H groups in total. The lowest BCUT2D eigenvalue weighted by Gasteiger charge is -2.12. The number of carbonyl (C=O) groups excluding carboxylic acids is 1. The zero-order valence-electron chi connectivity index (χ0n) is 14.3. The van der Waals surface area contributed by atoms with Crippen LogP contribution in [0, 0.1) is 5.82 Å². The third kappa shape index (κ3) is 7.15. The number of nitrogens with one attached hydrogen (secondary N) is 1. The number of benzene rings is 2. The number of sulfone groups is 1. The van der Waals surface area contributed by atoms with Gasteiger partial charge in [0.15, 0.2) is 0 Å². The van der Waals surface area contributed by atoms with Gasteiger partial charge in [0, 0.05) is 22.6 Å². The summed E-state index contributed by atoms with van der Waals surface area (Å²) in [7, 11) is -3.14. The summed E-state index contributed by atoms with van der Waals surface area (Å²) in [6.07, 6.45) is 1.21. The summed E-state index contributed by atoms with van der Waals surface area (Å²) in [4.78, 5) is 13.8. The van der Waals surface area contributed by atoms with Gasteiger partial charge >= 0.3 is 0 Å². The fourth-order valence-corrected chi connectivity index (χ4v) is 3.61. The van der Waals surface area contributed by atoms with E-state index in [9.17, 15) is 17.6 Å². The SMILES string of the molecule is CS(=O)(=O)CCC(N)C(=O)NCc1ccc(Sc2ccc(F)cc2)cc1. The Labute approximate surface area is 157 Å². The lowest BCUT2D eigenvalue weighted by Crippen LogP contribution is -2.41. The molecule has 5 nitrogen and oxygen atoms in total. The zero-order chi connectivity index (χ0) is 19.2. The van der Waals surface area contributed by atoms with E-state index in [0.717, 1.165) is 21.6 Å². The van der Waals surface area contributed by atoms with E-state index in [1.807, 2.05) is 24.3 Å². The number of carbonyl (C=O) groups is 1. The van der Waals surface area contributed by atoms with E-state index in [0.29, 0.717) is 6.54 Å². The van der Waals surface area contributed by atoms with Gasteiger partial charge in [-0.05, 0) is 48.4 Å². The third-order valence-corrected chi connectivity index (χ3v) is 5.57. The van der Waals surface area contributed by atoms with Gasteiger partial charge in [-0.1, -0.05) is 23.9 Å². The van der Waals surface area contributed by atoms with E-state index in [1.165, 1.54) is 23.9 Å². The van der Waals surface area contributed by atoms with Gasteiger partial charge in [0.1, 0.15) is 15.7 Å². The summed E-state index contributed by atoms with van der Waals surface area (Å²) in [6, 6.07) is 13.0. The molecule has 1 amide bonds. The van der Waals surface area contributed by atoms with Crippen molar-refractivity contribution in [3.8, 4) is 0 Å². The molecule has 1 atom stereocenters. The smallest absolute Gasteiger partial charge is 0.237 e. The first-order valence-corrected chi connectivity index (χ1v) is 10.8. The number of rotatable bonds is 8. The molecule has 0 aliphatic heterocycles. The fraction of sp³-hybridized carbons (Fsp3) is 0.278. The molecule has 0 bridgehead atoms. The average molecular weight is 397 g/mol. The third-order valence-electron chi connectivity index (χ3n) is 3.58. The first-order chi connectivity index (χ1) is 12.2. The average Bonchev–Trinajstić information content (AvgIpc) is 2.60. The highest BCUT2D eigenvalue weighted by atomic mass is 32.2. The lowest BCUT2D eigenvalue weighted by molar-refractivity contribution is -0.122. The van der Waals surface area contributed by atoms with Gasteiger partial charge in [-0.25, -0.2) is 12.8 Å². The van der Waals surface area contributed by atoms with Crippen LogP contribution in [-0.4, -0.2) is 32.4 Å². The number of hydrogen-bond acceptors (Lipinski definition) is 5. The molecule has 2 rings (SSSR count). The number of nitrogens with two attached hydrogens (primary N) is 1. The van der Waals surface area contributed by atoms with E-state index in [4.69, 9.17) is 5.73 Å². The van der Waals surface area contributed by atoms with Crippen LogP contribution in [0.3, 0.4) is 0 Å². The quantitative estimate of drug-likeness (QED) is 0.715. The Kier molecular flexibility index (Phi) is 7.19. The Morgan fingerprint density at radius 1 is 1.12 bits per heavy atom. The maximum absolute atomic E-state index is 12.9. The second kappa shape index (κ2) is 9.16. The van der Waals surface area contributed by atoms with Crippen LogP contribution in [-0.2, 0) is 21.2 Å². The molecule has 2 aromatic rings. The van der Waals surface area contributed by atoms with Crippen molar-refractivity contribution in [1.82, 2.24) is 5.32 Å². The van der Waals surface area contributed by atoms with Gasteiger partial charge < -0.3 is 11.1 Å². The van der Waals surface area contributed by atoms with Crippen LogP contribution in [0.2, 0.25) is 0 Å². The highest BCUT2D eigenvalue weighted by molar-refractivity contribution is 7.99. The molecule has 0 aromatic heterocycles. The van der Waals surface area contributed by atoms with Crippen molar-refractivity contribution < 1.29 is 17.6 Å². The molecule has 0 saturated heterocycles. The molecule has 26 heavy (non-hydrogen) atoms. The molecule has 1 unspecified atom stereocenters. The van der Waals surface area contributed by atoms with Crippen LogP contribution in [0.4, 0.5) is 4.39 Å². The van der Waals surface area contributed by atoms with Crippen LogP contribution in [0.25, 0.3) is 0 Å². The summed E-state index contributed by atoms with van der Waals surface area (Å²) >= 11 is 1.51. The number of amides is 1. The molecular weight excluding hydrogens is 375 g/mol. The van der Waals surface area contributed by atoms with Crippen LogP contribution in [0.15, 0.2) is 58.3 Å². The second-order valence-corrected chi connectivity index (χ2v) is 9.35. The van der Waals surface area contributed by atoms with Gasteiger partial charge in [-0.15, -0.1) is 0 Å². The molecule has 0 fully saturated rings. The van der Waals surface area contributed by atoms with Crippen molar-refractivity contribution >= 4 is 27.5 Å². The summed E-state index contributed by atoms with van der Waals surface area (Å²) in [5.74, 6) is -0.759. The van der Waals surface area contributed by atoms with Crippen LogP contribution in [0.1, 0.15) is 12.0 Å². The van der Waals surface area contributed by atoms with Crippen molar-refractivity contribution in [2.45, 2.75) is 28.8 Å². The zero-order valence-corrected chi connectivity index (χ0v) is 15.9. The van der Waals surface area contributed by atoms with Gasteiger partial charge in [0.05, 0.1) is 11.8 Å². The first kappa shape index (κ1) is 20.4. The minimum atomic E-state index is -3.14. The first-order valence-electron chi connectivity index (χ1n) is 7.96. The molecule has 0 aliphatic carbocycles. The van der Waals surface area contributed by atoms with Crippen molar-refractivity contribution in [3.05, 3.63) is 59.9 Å². The Morgan fingerprint density at radius 2 is 1.65 bits per heavy atom. The van der Waals surface area contributed by atoms with E-state index < -0.39 is 15.9 Å². The molecule has 8 heteroatoms. The van der Waals surface area contributed by atoms with E-state index in [1.54, 1.807) is 12.1 Å². The van der Waals surface area contributed by atoms with Crippen LogP contribution in [0.5, 0.6) is 0 Å². The lowest BCUT2D eigenvalue weighted by atomic mass is 10.2. The van der Waals surface area contributed by atoms with Gasteiger partial charge in [0.2, 0.25) is 5.91 Å². The fourth-order valence-electron chi connectivity index (χ4n) is 2.11. The largest absolute Gasteiger partial charge is 0.351 e. The molecule has 0 aliphatic rings. The van der Waals surface area contributed by atoms with Gasteiger partial charge in [-0.2, -0.15) is 0 Å². The monoisotopic (exact) mass is 396 g/mol. The molecule has 0 spiro atoms. The van der Waals surface area contributed by atoms with Gasteiger partial charge in [0.25, 0.3) is 0 Å². The molecule has 0 radical (unpaired) electrons. The van der Waals surface area contributed by atoms with E-state index in [-0.39, 0.29) is 23.9 Å². The van der Waals surface area contributed by atoms with Crippen molar-refractivity contribution in [3.63, 3.8) is 0 Å². The maximum atomic E-state index is 12.9. The number of hydrogen-bond donors (Lipinski definition) is 2. The summed E-state index contributed by atoms with van der Waals surface area (Å²) in [6.45, 7) is 0.312. The predicted octanol–water partition coefficient (Wildman–Crippen LogP) is 2.36. The summed E-state index contributed by atoms with van der Waals surface area (Å²) < 4.78 is 35.1. The molecule has 0 heterocycles. The van der Waals surface area contributed by atoms with Crippen molar-refractivity contribution in [1.29, 1.82) is 0 Å². The number of halogens is 1. The van der Waals surface area contributed by atoms with Crippen LogP contribution >= 0.6 is 11.8 Å². The molecule has 0 saturated carbocycles. The molecule has 2 aromatic carbocycles. The topological polar surface area (TPSA) is 89.3 Å². The summed E-state index contributed by atoms with van der Waals surface area (Å²) in [5, 5.41) is 2.70. The highest BCUT2D eigenvalue weighted by Gasteiger charge is 2.15. The summed E-state index contributed by atoms with van der Waals surface area (Å²) in [5.41, 5.74) is 6.60. The Morgan fingerprint density at radius 3 is 2.19 bits per heavy atom. The Bertz CT molecular complexity index is 838. The molecule has 140 valence electrons. The standard InChI is InChI=1S/C18H21FN2O3S2/c1-26(23,24)11-10-17(20)18(22)21-12-13-2-6-15(7-3-13)25-16-8-4-14(19)5-9-16/h2-9,17H,10-12,20H2,1H3,(H,21,22). The minimum absolute atomic E-state index is 0.0952. The maximum Gasteiger partial charge on any atom is 0.237 e. The Hall–Kier alpha value is -1.90. The normalized spacial score (nSPS) is 12.6. The van der Waals surface area contributed by atoms with E-state index >= 15 is 0 Å². The van der Waals surface area contributed by atoms with Crippen LogP contribution < -0.4 is 11.1 Å². The Balaban J connectivity index is 1.83. The van der Waals surface area contributed by atoms with Crippen molar-refractivity contribution in [2.24, 2.45) is 5.73 Å². The predicted molar refractivity (Wildman–Crippen MR) is 101 cm³/mol. The second-order valence-electron chi connectivity index (χ2n) is 5.94. The minimum Gasteiger partial charge on any atom is -0.351 e. The van der Waals surface area contributed by atoms with Gasteiger partial charge in [-0.3, -0.25) is 4.79 Å². The molecular formula is C18H21FN2O3S2. The highest BCUT2D eigenvalue weighted by Crippen LogP contribution is 2.27. The van der Waals surface area contributed by atoms with Crippen molar-refractivity contribution in [2.75, 3.05) is 12.0 Å².